The Labute approximate surface area is 501 Å². The van der Waals surface area contributed by atoms with Crippen molar-refractivity contribution in [2.45, 2.75) is 431 Å². The number of unbranched alkanes of at least 4 members (excludes halogenated alkanes) is 56. The number of rotatable bonds is 69. The topological polar surface area (TPSA) is 78.9 Å². The van der Waals surface area contributed by atoms with E-state index in [0.29, 0.717) is 19.3 Å². The van der Waals surface area contributed by atoms with E-state index in [0.717, 1.165) is 57.8 Å². The van der Waals surface area contributed by atoms with Crippen LogP contribution in [0.5, 0.6) is 0 Å². The van der Waals surface area contributed by atoms with Gasteiger partial charge in [0.05, 0.1) is 0 Å². The molecule has 474 valence electrons. The van der Waals surface area contributed by atoms with Crippen LogP contribution in [0.4, 0.5) is 0 Å². The van der Waals surface area contributed by atoms with Crippen LogP contribution in [-0.4, -0.2) is 37.2 Å². The van der Waals surface area contributed by atoms with E-state index in [9.17, 15) is 14.4 Å². The molecule has 0 N–H and O–H groups in total. The predicted molar refractivity (Wildman–Crippen MR) is 349 cm³/mol. The lowest BCUT2D eigenvalue weighted by Gasteiger charge is -2.18. The van der Waals surface area contributed by atoms with E-state index in [4.69, 9.17) is 14.2 Å². The lowest BCUT2D eigenvalue weighted by atomic mass is 10.0. The van der Waals surface area contributed by atoms with Crippen LogP contribution in [0, 0.1) is 0 Å². The van der Waals surface area contributed by atoms with Crippen molar-refractivity contribution in [1.82, 2.24) is 0 Å². The predicted octanol–water partition coefficient (Wildman–Crippen LogP) is 25.2. The maximum atomic E-state index is 13.0. The molecule has 1 unspecified atom stereocenters. The van der Waals surface area contributed by atoms with Gasteiger partial charge in [-0.05, 0) is 44.9 Å². The highest BCUT2D eigenvalue weighted by molar-refractivity contribution is 5.71. The van der Waals surface area contributed by atoms with Crippen molar-refractivity contribution < 1.29 is 28.6 Å². The summed E-state index contributed by atoms with van der Waals surface area (Å²) in [5.41, 5.74) is 0. The molecule has 0 aliphatic carbocycles. The first-order valence-electron chi connectivity index (χ1n) is 36.7. The average Bonchev–Trinajstić information content (AvgIpc) is 3.46. The highest BCUT2D eigenvalue weighted by Gasteiger charge is 2.20. The Bertz CT molecular complexity index is 1250. The second-order valence-electron chi connectivity index (χ2n) is 25.2. The van der Waals surface area contributed by atoms with E-state index >= 15 is 0 Å². The third-order valence-corrected chi connectivity index (χ3v) is 17.0. The number of carbonyl (C=O) groups is 3. The summed E-state index contributed by atoms with van der Waals surface area (Å²) < 4.78 is 17.0. The van der Waals surface area contributed by atoms with E-state index in [1.54, 1.807) is 0 Å². The first-order chi connectivity index (χ1) is 39.5. The van der Waals surface area contributed by atoms with Crippen molar-refractivity contribution in [2.24, 2.45) is 0 Å². The Hall–Kier alpha value is -1.85. The number of hydrogen-bond donors (Lipinski definition) is 0. The standard InChI is InChI=1S/C74H142O6/c1-4-7-10-13-16-19-22-25-28-31-34-35-36-37-38-39-41-43-46-49-52-55-58-61-64-67-73(76)79-70-71(69-78-72(75)66-63-60-57-54-51-48-45-42-33-30-27-24-21-18-15-12-9-6-3)80-74(77)68-65-62-59-56-53-50-47-44-40-32-29-26-23-20-17-14-11-8-5-2/h31,34,71H,4-30,32-33,35-70H2,1-3H3/b34-31-. The molecule has 0 aliphatic rings. The van der Waals surface area contributed by atoms with Crippen LogP contribution in [0.1, 0.15) is 425 Å². The molecule has 80 heavy (non-hydrogen) atoms. The summed E-state index contributed by atoms with van der Waals surface area (Å²) in [6.07, 6.45) is 83.9. The molecule has 0 radical (unpaired) electrons. The average molecular weight is 1130 g/mol. The van der Waals surface area contributed by atoms with Crippen LogP contribution < -0.4 is 0 Å². The van der Waals surface area contributed by atoms with Crippen molar-refractivity contribution in [2.75, 3.05) is 13.2 Å². The fourth-order valence-corrected chi connectivity index (χ4v) is 11.5. The van der Waals surface area contributed by atoms with Gasteiger partial charge in [0.1, 0.15) is 13.2 Å². The van der Waals surface area contributed by atoms with E-state index in [1.807, 2.05) is 0 Å². The van der Waals surface area contributed by atoms with Crippen molar-refractivity contribution in [3.63, 3.8) is 0 Å². The van der Waals surface area contributed by atoms with E-state index in [2.05, 4.69) is 32.9 Å². The minimum Gasteiger partial charge on any atom is -0.462 e. The number of carbonyl (C=O) groups excluding carboxylic acids is 3. The Kier molecular flexibility index (Phi) is 68.0. The summed E-state index contributed by atoms with van der Waals surface area (Å²) in [4.78, 5) is 38.5. The van der Waals surface area contributed by atoms with Gasteiger partial charge in [-0.3, -0.25) is 14.4 Å². The first-order valence-corrected chi connectivity index (χ1v) is 36.7. The molecule has 0 saturated heterocycles. The molecular weight excluding hydrogens is 985 g/mol. The van der Waals surface area contributed by atoms with E-state index in [1.165, 1.54) is 327 Å². The normalized spacial score (nSPS) is 12.0. The molecule has 0 saturated carbocycles. The fourth-order valence-electron chi connectivity index (χ4n) is 11.5. The van der Waals surface area contributed by atoms with Crippen LogP contribution in [0.25, 0.3) is 0 Å². The van der Waals surface area contributed by atoms with Crippen molar-refractivity contribution in [1.29, 1.82) is 0 Å². The van der Waals surface area contributed by atoms with Gasteiger partial charge >= 0.3 is 17.9 Å². The van der Waals surface area contributed by atoms with Gasteiger partial charge in [-0.15, -0.1) is 0 Å². The van der Waals surface area contributed by atoms with E-state index in [-0.39, 0.29) is 31.1 Å². The lowest BCUT2D eigenvalue weighted by Crippen LogP contribution is -2.30. The summed E-state index contributed by atoms with van der Waals surface area (Å²) in [5.74, 6) is -0.822. The number of esters is 3. The highest BCUT2D eigenvalue weighted by Crippen LogP contribution is 2.19. The smallest absolute Gasteiger partial charge is 0.306 e. The number of ether oxygens (including phenoxy) is 3. The zero-order valence-corrected chi connectivity index (χ0v) is 54.6. The maximum absolute atomic E-state index is 13.0. The molecule has 0 amide bonds. The van der Waals surface area contributed by atoms with E-state index < -0.39 is 6.10 Å². The van der Waals surface area contributed by atoms with Crippen LogP contribution in [0.3, 0.4) is 0 Å². The fraction of sp³-hybridized carbons (Fsp3) is 0.932. The van der Waals surface area contributed by atoms with Crippen LogP contribution in [0.15, 0.2) is 12.2 Å². The summed E-state index contributed by atoms with van der Waals surface area (Å²) in [7, 11) is 0. The largest absolute Gasteiger partial charge is 0.462 e. The minimum absolute atomic E-state index is 0.0621. The number of allylic oxidation sites excluding steroid dienone is 2. The van der Waals surface area contributed by atoms with Crippen molar-refractivity contribution in [3.05, 3.63) is 12.2 Å². The molecule has 6 heteroatoms. The number of hydrogen-bond acceptors (Lipinski definition) is 6. The molecule has 0 rings (SSSR count). The van der Waals surface area contributed by atoms with Crippen molar-refractivity contribution in [3.8, 4) is 0 Å². The molecule has 0 aromatic heterocycles. The third kappa shape index (κ3) is 66.9. The quantitative estimate of drug-likeness (QED) is 0.0261. The van der Waals surface area contributed by atoms with Crippen LogP contribution in [0.2, 0.25) is 0 Å². The first kappa shape index (κ1) is 78.1. The van der Waals surface area contributed by atoms with Gasteiger partial charge in [-0.1, -0.05) is 373 Å². The van der Waals surface area contributed by atoms with Crippen LogP contribution >= 0.6 is 0 Å². The Morgan fingerprint density at radius 3 is 0.625 bits per heavy atom. The Morgan fingerprint density at radius 2 is 0.412 bits per heavy atom. The summed E-state index contributed by atoms with van der Waals surface area (Å²) in [5, 5.41) is 0. The second kappa shape index (κ2) is 69.6. The molecule has 0 aromatic carbocycles. The van der Waals surface area contributed by atoms with Crippen molar-refractivity contribution >= 4 is 17.9 Å². The Morgan fingerprint density at radius 1 is 0.237 bits per heavy atom. The Balaban J connectivity index is 4.25. The van der Waals surface area contributed by atoms with Gasteiger partial charge in [-0.2, -0.15) is 0 Å². The second-order valence-corrected chi connectivity index (χ2v) is 25.2. The van der Waals surface area contributed by atoms with Gasteiger partial charge in [0.2, 0.25) is 0 Å². The van der Waals surface area contributed by atoms with Gasteiger partial charge in [-0.25, -0.2) is 0 Å². The zero-order valence-electron chi connectivity index (χ0n) is 54.6. The third-order valence-electron chi connectivity index (χ3n) is 17.0. The van der Waals surface area contributed by atoms with Gasteiger partial charge in [0, 0.05) is 19.3 Å². The molecule has 1 atom stereocenters. The molecular formula is C74H142O6. The van der Waals surface area contributed by atoms with Gasteiger partial charge in [0.25, 0.3) is 0 Å². The monoisotopic (exact) mass is 1130 g/mol. The molecule has 0 spiro atoms. The molecule has 0 aliphatic heterocycles. The summed E-state index contributed by atoms with van der Waals surface area (Å²) >= 11 is 0. The van der Waals surface area contributed by atoms with Gasteiger partial charge < -0.3 is 14.2 Å². The molecule has 0 heterocycles. The SMILES string of the molecule is CCCCCCCCCC/C=C\CCCCCCCCCCCCCCCC(=O)OCC(COC(=O)CCCCCCCCCCCCCCCCCCCC)OC(=O)CCCCCCCCCCCCCCCCCCCCC. The zero-order chi connectivity index (χ0) is 57.8. The van der Waals surface area contributed by atoms with Crippen LogP contribution in [-0.2, 0) is 28.6 Å². The molecule has 0 fully saturated rings. The van der Waals surface area contributed by atoms with Gasteiger partial charge in [0.15, 0.2) is 6.10 Å². The molecule has 0 bridgehead atoms. The highest BCUT2D eigenvalue weighted by atomic mass is 16.6. The minimum atomic E-state index is -0.766. The lowest BCUT2D eigenvalue weighted by molar-refractivity contribution is -0.167. The maximum Gasteiger partial charge on any atom is 0.306 e. The molecule has 6 nitrogen and oxygen atoms in total. The summed E-state index contributed by atoms with van der Waals surface area (Å²) in [6.45, 7) is 6.74. The summed E-state index contributed by atoms with van der Waals surface area (Å²) in [6, 6.07) is 0. The molecule has 0 aromatic rings.